The molecule has 0 spiro atoms. The quantitative estimate of drug-likeness (QED) is 0.857. The molecule has 1 atom stereocenters. The minimum absolute atomic E-state index is 0.139. The first-order chi connectivity index (χ1) is 7.55. The molecule has 0 aliphatic heterocycles. The molecule has 0 aromatic heterocycles. The predicted molar refractivity (Wildman–Crippen MR) is 66.3 cm³/mol. The van der Waals surface area contributed by atoms with Crippen LogP contribution in [0, 0.1) is 0 Å². The van der Waals surface area contributed by atoms with Gasteiger partial charge in [-0.15, -0.1) is 0 Å². The molecule has 0 heterocycles. The third kappa shape index (κ3) is 2.83. The third-order valence-electron chi connectivity index (χ3n) is 2.87. The summed E-state index contributed by atoms with van der Waals surface area (Å²) in [5, 5.41) is 0. The van der Waals surface area contributed by atoms with E-state index in [4.69, 9.17) is 5.73 Å². The van der Waals surface area contributed by atoms with Crippen molar-refractivity contribution in [3.05, 3.63) is 29.8 Å². The lowest BCUT2D eigenvalue weighted by Gasteiger charge is -2.12. The molecule has 90 valence electrons. The molecular weight excluding hydrogens is 222 g/mol. The number of hydrogen-bond acceptors (Lipinski definition) is 3. The smallest absolute Gasteiger partial charge is 0.178 e. The van der Waals surface area contributed by atoms with Crippen LogP contribution < -0.4 is 5.73 Å². The zero-order chi connectivity index (χ0) is 12.2. The molecular formula is C12H19NO2S. The van der Waals surface area contributed by atoms with Crippen molar-refractivity contribution in [2.45, 2.75) is 31.1 Å². The lowest BCUT2D eigenvalue weighted by molar-refractivity contribution is 0.597. The van der Waals surface area contributed by atoms with Crippen LogP contribution in [0.3, 0.4) is 0 Å². The summed E-state index contributed by atoms with van der Waals surface area (Å²) in [7, 11) is -3.09. The summed E-state index contributed by atoms with van der Waals surface area (Å²) in [6.07, 6.45) is 0.969. The fourth-order valence-corrected chi connectivity index (χ4v) is 2.54. The number of benzene rings is 1. The summed E-state index contributed by atoms with van der Waals surface area (Å²) < 4.78 is 23.2. The summed E-state index contributed by atoms with van der Waals surface area (Å²) in [6.45, 7) is 4.32. The maximum Gasteiger partial charge on any atom is 0.178 e. The molecule has 16 heavy (non-hydrogen) atoms. The number of hydrogen-bond donors (Lipinski definition) is 1. The lowest BCUT2D eigenvalue weighted by atomic mass is 9.97. The molecule has 1 rings (SSSR count). The highest BCUT2D eigenvalue weighted by molar-refractivity contribution is 7.91. The molecule has 1 aromatic rings. The van der Waals surface area contributed by atoms with Crippen molar-refractivity contribution in [2.75, 3.05) is 12.3 Å². The minimum Gasteiger partial charge on any atom is -0.330 e. The zero-order valence-electron chi connectivity index (χ0n) is 9.81. The highest BCUT2D eigenvalue weighted by Crippen LogP contribution is 2.20. The molecule has 0 bridgehead atoms. The second-order valence-electron chi connectivity index (χ2n) is 3.81. The van der Waals surface area contributed by atoms with E-state index >= 15 is 0 Å². The predicted octanol–water partition coefficient (Wildman–Crippen LogP) is 1.93. The molecule has 1 aromatic carbocycles. The summed E-state index contributed by atoms with van der Waals surface area (Å²) in [4.78, 5) is 0.394. The number of sulfone groups is 1. The van der Waals surface area contributed by atoms with Gasteiger partial charge in [0.15, 0.2) is 9.84 Å². The van der Waals surface area contributed by atoms with Gasteiger partial charge in [0.2, 0.25) is 0 Å². The van der Waals surface area contributed by atoms with E-state index in [2.05, 4.69) is 6.92 Å². The standard InChI is InChI=1S/C12H19NO2S/c1-3-10(9-13)11-5-7-12(8-6-11)16(14,15)4-2/h5-8,10H,3-4,9,13H2,1-2H3. The van der Waals surface area contributed by atoms with Crippen molar-refractivity contribution < 1.29 is 8.42 Å². The van der Waals surface area contributed by atoms with E-state index in [-0.39, 0.29) is 5.75 Å². The van der Waals surface area contributed by atoms with E-state index in [1.807, 2.05) is 12.1 Å². The molecule has 0 aliphatic carbocycles. The van der Waals surface area contributed by atoms with Crippen LogP contribution in [0.15, 0.2) is 29.2 Å². The second kappa shape index (κ2) is 5.46. The molecule has 2 N–H and O–H groups in total. The Labute approximate surface area is 97.6 Å². The van der Waals surface area contributed by atoms with Gasteiger partial charge in [-0.05, 0) is 36.6 Å². The second-order valence-corrected chi connectivity index (χ2v) is 6.09. The van der Waals surface area contributed by atoms with Crippen LogP contribution in [0.4, 0.5) is 0 Å². The van der Waals surface area contributed by atoms with Crippen LogP contribution in [0.1, 0.15) is 31.7 Å². The van der Waals surface area contributed by atoms with Crippen LogP contribution in [-0.2, 0) is 9.84 Å². The van der Waals surface area contributed by atoms with E-state index in [0.29, 0.717) is 17.4 Å². The van der Waals surface area contributed by atoms with Crippen LogP contribution >= 0.6 is 0 Å². The fraction of sp³-hybridized carbons (Fsp3) is 0.500. The van der Waals surface area contributed by atoms with Gasteiger partial charge < -0.3 is 5.73 Å². The lowest BCUT2D eigenvalue weighted by Crippen LogP contribution is -2.11. The van der Waals surface area contributed by atoms with Gasteiger partial charge >= 0.3 is 0 Å². The third-order valence-corrected chi connectivity index (χ3v) is 4.62. The summed E-state index contributed by atoms with van der Waals surface area (Å²) in [6, 6.07) is 7.08. The Morgan fingerprint density at radius 3 is 2.12 bits per heavy atom. The SMILES string of the molecule is CCC(CN)c1ccc(S(=O)(=O)CC)cc1. The average molecular weight is 241 g/mol. The van der Waals surface area contributed by atoms with Crippen molar-refractivity contribution in [1.29, 1.82) is 0 Å². The van der Waals surface area contributed by atoms with Crippen molar-refractivity contribution >= 4 is 9.84 Å². The average Bonchev–Trinajstić information content (AvgIpc) is 2.31. The van der Waals surface area contributed by atoms with Gasteiger partial charge in [0, 0.05) is 0 Å². The highest BCUT2D eigenvalue weighted by Gasteiger charge is 2.12. The van der Waals surface area contributed by atoms with Gasteiger partial charge in [0.1, 0.15) is 0 Å². The molecule has 0 saturated carbocycles. The van der Waals surface area contributed by atoms with Gasteiger partial charge in [-0.2, -0.15) is 0 Å². The summed E-state index contributed by atoms with van der Waals surface area (Å²) >= 11 is 0. The first kappa shape index (κ1) is 13.2. The molecule has 0 amide bonds. The Morgan fingerprint density at radius 1 is 1.19 bits per heavy atom. The van der Waals surface area contributed by atoms with E-state index < -0.39 is 9.84 Å². The van der Waals surface area contributed by atoms with E-state index in [9.17, 15) is 8.42 Å². The van der Waals surface area contributed by atoms with Crippen LogP contribution in [-0.4, -0.2) is 20.7 Å². The number of rotatable bonds is 5. The summed E-state index contributed by atoms with van der Waals surface area (Å²) in [5.74, 6) is 0.457. The Bertz CT molecular complexity index is 419. The van der Waals surface area contributed by atoms with E-state index in [0.717, 1.165) is 12.0 Å². The Kier molecular flexibility index (Phi) is 4.50. The summed E-state index contributed by atoms with van der Waals surface area (Å²) in [5.41, 5.74) is 6.76. The fourth-order valence-electron chi connectivity index (χ4n) is 1.65. The molecule has 0 saturated heterocycles. The molecule has 4 heteroatoms. The molecule has 0 radical (unpaired) electrons. The zero-order valence-corrected chi connectivity index (χ0v) is 10.6. The Morgan fingerprint density at radius 2 is 1.75 bits per heavy atom. The van der Waals surface area contributed by atoms with Crippen LogP contribution in [0.25, 0.3) is 0 Å². The monoisotopic (exact) mass is 241 g/mol. The first-order valence-corrected chi connectivity index (χ1v) is 7.23. The van der Waals surface area contributed by atoms with Crippen LogP contribution in [0.5, 0.6) is 0 Å². The highest BCUT2D eigenvalue weighted by atomic mass is 32.2. The van der Waals surface area contributed by atoms with Crippen molar-refractivity contribution in [2.24, 2.45) is 5.73 Å². The van der Waals surface area contributed by atoms with Gasteiger partial charge in [-0.1, -0.05) is 26.0 Å². The molecule has 0 aliphatic rings. The van der Waals surface area contributed by atoms with Gasteiger partial charge in [0.05, 0.1) is 10.6 Å². The van der Waals surface area contributed by atoms with Crippen molar-refractivity contribution in [3.8, 4) is 0 Å². The normalized spacial score (nSPS) is 13.7. The van der Waals surface area contributed by atoms with Crippen molar-refractivity contribution in [3.63, 3.8) is 0 Å². The van der Waals surface area contributed by atoms with Gasteiger partial charge in [-0.25, -0.2) is 8.42 Å². The van der Waals surface area contributed by atoms with Crippen LogP contribution in [0.2, 0.25) is 0 Å². The minimum atomic E-state index is -3.09. The molecule has 0 fully saturated rings. The Hall–Kier alpha value is -0.870. The van der Waals surface area contributed by atoms with Gasteiger partial charge in [0.25, 0.3) is 0 Å². The maximum absolute atomic E-state index is 11.6. The Balaban J connectivity index is 3.00. The van der Waals surface area contributed by atoms with Crippen molar-refractivity contribution in [1.82, 2.24) is 0 Å². The largest absolute Gasteiger partial charge is 0.330 e. The van der Waals surface area contributed by atoms with E-state index in [1.165, 1.54) is 0 Å². The van der Waals surface area contributed by atoms with Gasteiger partial charge in [-0.3, -0.25) is 0 Å². The molecule has 1 unspecified atom stereocenters. The topological polar surface area (TPSA) is 60.2 Å². The van der Waals surface area contributed by atoms with E-state index in [1.54, 1.807) is 19.1 Å². The maximum atomic E-state index is 11.6. The first-order valence-electron chi connectivity index (χ1n) is 5.58. The number of nitrogens with two attached hydrogens (primary N) is 1. The molecule has 3 nitrogen and oxygen atoms in total.